The number of fused-ring (bicyclic) bond motifs is 3. The number of nitriles is 1. The number of aryl methyl sites for hydroxylation is 2. The molecule has 2 heterocycles. The lowest BCUT2D eigenvalue weighted by molar-refractivity contribution is -0.660. The summed E-state index contributed by atoms with van der Waals surface area (Å²) in [5.41, 5.74) is 7.08. The van der Waals surface area contributed by atoms with E-state index in [0.29, 0.717) is 5.92 Å². The first kappa shape index (κ1) is 17.3. The molecule has 0 N–H and O–H groups in total. The van der Waals surface area contributed by atoms with Gasteiger partial charge in [-0.05, 0) is 60.7 Å². The summed E-state index contributed by atoms with van der Waals surface area (Å²) in [6.07, 6.45) is 2.92. The van der Waals surface area contributed by atoms with Gasteiger partial charge in [0.05, 0.1) is 17.2 Å². The van der Waals surface area contributed by atoms with Crippen LogP contribution in [0.25, 0.3) is 33.2 Å². The fraction of sp³-hybridized carbons (Fsp3) is 0.250. The summed E-state index contributed by atoms with van der Waals surface area (Å²) in [4.78, 5) is 0. The first-order valence-electron chi connectivity index (χ1n) is 9.33. The van der Waals surface area contributed by atoms with Crippen molar-refractivity contribution in [1.29, 1.82) is 5.26 Å². The van der Waals surface area contributed by atoms with Gasteiger partial charge in [0.2, 0.25) is 5.69 Å². The number of hydrogen-bond acceptors (Lipinski definition) is 2. The Labute approximate surface area is 159 Å². The molecule has 2 aromatic carbocycles. The molecule has 0 aliphatic heterocycles. The van der Waals surface area contributed by atoms with E-state index in [9.17, 15) is 5.26 Å². The van der Waals surface area contributed by atoms with Gasteiger partial charge in [-0.3, -0.25) is 0 Å². The first-order valence-corrected chi connectivity index (χ1v) is 9.33. The molecule has 0 unspecified atom stereocenters. The van der Waals surface area contributed by atoms with Crippen LogP contribution in [0.2, 0.25) is 0 Å². The number of pyridine rings is 1. The third kappa shape index (κ3) is 2.88. The van der Waals surface area contributed by atoms with E-state index in [0.717, 1.165) is 50.7 Å². The third-order valence-corrected chi connectivity index (χ3v) is 5.15. The highest BCUT2D eigenvalue weighted by molar-refractivity contribution is 6.08. The molecule has 27 heavy (non-hydrogen) atoms. The monoisotopic (exact) mass is 355 g/mol. The first-order chi connectivity index (χ1) is 13.0. The number of benzene rings is 2. The predicted molar refractivity (Wildman–Crippen MR) is 108 cm³/mol. The maximum absolute atomic E-state index is 9.59. The molecule has 3 heteroatoms. The van der Waals surface area contributed by atoms with Crippen molar-refractivity contribution >= 4 is 21.9 Å². The largest absolute Gasteiger partial charge is 0.456 e. The summed E-state index contributed by atoms with van der Waals surface area (Å²) in [6.45, 7) is 6.50. The van der Waals surface area contributed by atoms with Crippen molar-refractivity contribution in [2.24, 2.45) is 13.0 Å². The molecule has 0 aliphatic carbocycles. The summed E-state index contributed by atoms with van der Waals surface area (Å²) in [5.74, 6) is 0.469. The van der Waals surface area contributed by atoms with Gasteiger partial charge in [0.15, 0.2) is 6.20 Å². The highest BCUT2D eigenvalue weighted by Crippen LogP contribution is 2.37. The number of nitrogens with zero attached hydrogens (tertiary/aromatic N) is 2. The molecule has 0 bridgehead atoms. The zero-order valence-electron chi connectivity index (χ0n) is 16.2. The van der Waals surface area contributed by atoms with Crippen LogP contribution in [-0.4, -0.2) is 0 Å². The summed E-state index contributed by atoms with van der Waals surface area (Å²) in [7, 11) is 2.05. The van der Waals surface area contributed by atoms with Gasteiger partial charge >= 0.3 is 0 Å². The highest BCUT2D eigenvalue weighted by atomic mass is 16.3. The molecule has 134 valence electrons. The highest BCUT2D eigenvalue weighted by Gasteiger charge is 2.19. The molecule has 4 rings (SSSR count). The molecular weight excluding hydrogens is 332 g/mol. The molecule has 0 atom stereocenters. The minimum absolute atomic E-state index is 0.469. The molecule has 0 saturated carbocycles. The van der Waals surface area contributed by atoms with Crippen LogP contribution < -0.4 is 4.57 Å². The number of furan rings is 1. The van der Waals surface area contributed by atoms with E-state index in [-0.39, 0.29) is 0 Å². The average Bonchev–Trinajstić information content (AvgIpc) is 2.99. The fourth-order valence-corrected chi connectivity index (χ4v) is 3.90. The van der Waals surface area contributed by atoms with Gasteiger partial charge in [0.1, 0.15) is 18.2 Å². The predicted octanol–water partition coefficient (Wildman–Crippen LogP) is 5.46. The van der Waals surface area contributed by atoms with Crippen LogP contribution in [0, 0.1) is 24.2 Å². The Kier molecular flexibility index (Phi) is 4.20. The quantitative estimate of drug-likeness (QED) is 0.458. The van der Waals surface area contributed by atoms with Gasteiger partial charge in [-0.15, -0.1) is 0 Å². The van der Waals surface area contributed by atoms with Crippen LogP contribution in [0.4, 0.5) is 0 Å². The van der Waals surface area contributed by atoms with Gasteiger partial charge < -0.3 is 4.42 Å². The van der Waals surface area contributed by atoms with E-state index in [4.69, 9.17) is 4.42 Å². The molecule has 0 saturated heterocycles. The van der Waals surface area contributed by atoms with Crippen molar-refractivity contribution in [2.75, 3.05) is 0 Å². The molecule has 0 radical (unpaired) electrons. The molecule has 0 spiro atoms. The van der Waals surface area contributed by atoms with Crippen LogP contribution in [0.3, 0.4) is 0 Å². The molecule has 0 fully saturated rings. The second kappa shape index (κ2) is 6.55. The van der Waals surface area contributed by atoms with E-state index >= 15 is 0 Å². The Morgan fingerprint density at radius 3 is 2.63 bits per heavy atom. The van der Waals surface area contributed by atoms with E-state index < -0.39 is 0 Å². The second-order valence-electron chi connectivity index (χ2n) is 7.64. The molecule has 0 amide bonds. The minimum atomic E-state index is 0.469. The number of hydrogen-bond donors (Lipinski definition) is 0. The van der Waals surface area contributed by atoms with E-state index in [1.165, 1.54) is 5.56 Å². The van der Waals surface area contributed by atoms with Crippen LogP contribution in [0.15, 0.2) is 53.1 Å². The van der Waals surface area contributed by atoms with Crippen molar-refractivity contribution < 1.29 is 8.98 Å². The van der Waals surface area contributed by atoms with Crippen LogP contribution >= 0.6 is 0 Å². The summed E-state index contributed by atoms with van der Waals surface area (Å²) >= 11 is 0. The van der Waals surface area contributed by atoms with Gasteiger partial charge in [-0.25, -0.2) is 4.57 Å². The van der Waals surface area contributed by atoms with Crippen molar-refractivity contribution in [3.63, 3.8) is 0 Å². The maximum atomic E-state index is 9.59. The summed E-state index contributed by atoms with van der Waals surface area (Å²) < 4.78 is 8.33. The summed E-state index contributed by atoms with van der Waals surface area (Å²) in [6, 6.07) is 16.7. The molecular formula is C24H23N2O+. The lowest BCUT2D eigenvalue weighted by Gasteiger charge is -2.09. The van der Waals surface area contributed by atoms with Crippen molar-refractivity contribution in [2.45, 2.75) is 27.2 Å². The lowest BCUT2D eigenvalue weighted by Crippen LogP contribution is -2.30. The van der Waals surface area contributed by atoms with Gasteiger partial charge in [0.25, 0.3) is 0 Å². The molecule has 0 aliphatic rings. The molecule has 2 aromatic heterocycles. The SMILES string of the molecule is Cc1cc2c(cc1-c1cccc[n+]1C)oc1ccc(C#N)c(CC(C)C)c12. The Hall–Kier alpha value is -3.12. The number of rotatable bonds is 3. The smallest absolute Gasteiger partial charge is 0.212 e. The van der Waals surface area contributed by atoms with E-state index in [1.807, 2.05) is 18.2 Å². The average molecular weight is 355 g/mol. The van der Waals surface area contributed by atoms with E-state index in [2.05, 4.69) is 68.9 Å². The van der Waals surface area contributed by atoms with Crippen molar-refractivity contribution in [3.8, 4) is 17.3 Å². The van der Waals surface area contributed by atoms with Crippen molar-refractivity contribution in [1.82, 2.24) is 0 Å². The zero-order valence-corrected chi connectivity index (χ0v) is 16.2. The Balaban J connectivity index is 2.04. The standard InChI is InChI=1S/C24H23N2O/c1-15(2)11-19-17(14-25)8-9-22-24(19)20-12-16(3)18(13-23(20)27-22)21-7-5-6-10-26(21)4/h5-10,12-13,15H,11H2,1-4H3/q+1. The summed E-state index contributed by atoms with van der Waals surface area (Å²) in [5, 5.41) is 11.8. The lowest BCUT2D eigenvalue weighted by atomic mass is 9.93. The third-order valence-electron chi connectivity index (χ3n) is 5.15. The van der Waals surface area contributed by atoms with Crippen LogP contribution in [0.1, 0.15) is 30.5 Å². The van der Waals surface area contributed by atoms with Crippen LogP contribution in [0.5, 0.6) is 0 Å². The van der Waals surface area contributed by atoms with Crippen LogP contribution in [-0.2, 0) is 13.5 Å². The Bertz CT molecular complexity index is 1210. The van der Waals surface area contributed by atoms with Crippen molar-refractivity contribution in [3.05, 3.63) is 65.4 Å². The zero-order chi connectivity index (χ0) is 19.1. The van der Waals surface area contributed by atoms with Gasteiger partial charge in [0, 0.05) is 22.9 Å². The normalized spacial score (nSPS) is 11.4. The minimum Gasteiger partial charge on any atom is -0.456 e. The number of aromatic nitrogens is 1. The Morgan fingerprint density at radius 2 is 1.93 bits per heavy atom. The molecule has 3 nitrogen and oxygen atoms in total. The molecule has 4 aromatic rings. The van der Waals surface area contributed by atoms with Gasteiger partial charge in [-0.1, -0.05) is 13.8 Å². The second-order valence-corrected chi connectivity index (χ2v) is 7.64. The fourth-order valence-electron chi connectivity index (χ4n) is 3.90. The Morgan fingerprint density at radius 1 is 1.11 bits per heavy atom. The van der Waals surface area contributed by atoms with E-state index in [1.54, 1.807) is 0 Å². The topological polar surface area (TPSA) is 40.8 Å². The van der Waals surface area contributed by atoms with Gasteiger partial charge in [-0.2, -0.15) is 5.26 Å². The maximum Gasteiger partial charge on any atom is 0.212 e.